The molecule has 3 aromatic rings. The Morgan fingerprint density at radius 1 is 1.06 bits per heavy atom. The van der Waals surface area contributed by atoms with E-state index in [1.165, 1.54) is 23.9 Å². The van der Waals surface area contributed by atoms with E-state index >= 15 is 0 Å². The summed E-state index contributed by atoms with van der Waals surface area (Å²) in [7, 11) is 0. The SMILES string of the molecule is O=C1N=C(N2CCOCC2)S/C1=C/c1cn(-c2ccccc2)nc1-c1ccc([N+](=O)[O-])cc1. The molecule has 0 radical (unpaired) electrons. The van der Waals surface area contributed by atoms with Crippen molar-refractivity contribution >= 4 is 34.6 Å². The fourth-order valence-electron chi connectivity index (χ4n) is 3.60. The zero-order valence-corrected chi connectivity index (χ0v) is 18.3. The molecule has 5 rings (SSSR count). The summed E-state index contributed by atoms with van der Waals surface area (Å²) >= 11 is 1.34. The molecule has 0 saturated carbocycles. The number of nitro benzene ring substituents is 1. The molecule has 166 valence electrons. The molecule has 1 saturated heterocycles. The van der Waals surface area contributed by atoms with Crippen LogP contribution >= 0.6 is 11.8 Å². The molecule has 2 aliphatic heterocycles. The van der Waals surface area contributed by atoms with E-state index < -0.39 is 4.92 Å². The first-order valence-corrected chi connectivity index (χ1v) is 11.2. The predicted octanol–water partition coefficient (Wildman–Crippen LogP) is 3.75. The normalized spacial score (nSPS) is 17.5. The lowest BCUT2D eigenvalue weighted by molar-refractivity contribution is -0.384. The van der Waals surface area contributed by atoms with Gasteiger partial charge in [0.1, 0.15) is 0 Å². The molecule has 2 aliphatic rings. The summed E-state index contributed by atoms with van der Waals surface area (Å²) in [6.07, 6.45) is 3.63. The van der Waals surface area contributed by atoms with Crippen LogP contribution in [0.4, 0.5) is 5.69 Å². The van der Waals surface area contributed by atoms with E-state index in [1.807, 2.05) is 36.5 Å². The monoisotopic (exact) mass is 461 g/mol. The molecule has 1 amide bonds. The number of aromatic nitrogens is 2. The number of para-hydroxylation sites is 1. The van der Waals surface area contributed by atoms with E-state index in [9.17, 15) is 14.9 Å². The van der Waals surface area contributed by atoms with Gasteiger partial charge in [0.15, 0.2) is 5.17 Å². The Morgan fingerprint density at radius 2 is 1.79 bits per heavy atom. The van der Waals surface area contributed by atoms with Gasteiger partial charge in [-0.15, -0.1) is 0 Å². The molecule has 0 spiro atoms. The lowest BCUT2D eigenvalue weighted by Gasteiger charge is -2.27. The zero-order valence-electron chi connectivity index (χ0n) is 17.5. The molecule has 0 atom stereocenters. The summed E-state index contributed by atoms with van der Waals surface area (Å²) in [4.78, 5) is 30.0. The van der Waals surface area contributed by atoms with E-state index in [2.05, 4.69) is 9.89 Å². The van der Waals surface area contributed by atoms with Crippen molar-refractivity contribution < 1.29 is 14.5 Å². The van der Waals surface area contributed by atoms with Crippen LogP contribution in [0.25, 0.3) is 23.0 Å². The van der Waals surface area contributed by atoms with Crippen LogP contribution in [-0.4, -0.2) is 57.0 Å². The van der Waals surface area contributed by atoms with Gasteiger partial charge in [0.05, 0.1) is 34.4 Å². The van der Waals surface area contributed by atoms with Crippen molar-refractivity contribution in [3.8, 4) is 16.9 Å². The topological polar surface area (TPSA) is 103 Å². The van der Waals surface area contributed by atoms with Gasteiger partial charge < -0.3 is 9.64 Å². The molecule has 2 aromatic carbocycles. The minimum absolute atomic E-state index is 0.00576. The van der Waals surface area contributed by atoms with Gasteiger partial charge >= 0.3 is 0 Å². The first-order valence-electron chi connectivity index (χ1n) is 10.3. The second-order valence-electron chi connectivity index (χ2n) is 7.43. The summed E-state index contributed by atoms with van der Waals surface area (Å²) in [5.41, 5.74) is 2.93. The van der Waals surface area contributed by atoms with E-state index in [0.29, 0.717) is 47.6 Å². The number of nitro groups is 1. The van der Waals surface area contributed by atoms with E-state index in [1.54, 1.807) is 22.9 Å². The molecule has 0 aliphatic carbocycles. The molecule has 3 heterocycles. The van der Waals surface area contributed by atoms with Gasteiger partial charge in [-0.1, -0.05) is 18.2 Å². The second kappa shape index (κ2) is 9.00. The highest BCUT2D eigenvalue weighted by Crippen LogP contribution is 2.33. The first kappa shape index (κ1) is 21.1. The number of rotatable bonds is 4. The molecule has 9 nitrogen and oxygen atoms in total. The number of amidine groups is 1. The van der Waals surface area contributed by atoms with Crippen LogP contribution in [0.1, 0.15) is 5.56 Å². The van der Waals surface area contributed by atoms with Crippen LogP contribution in [0.5, 0.6) is 0 Å². The van der Waals surface area contributed by atoms with Crippen LogP contribution < -0.4 is 0 Å². The fourth-order valence-corrected chi connectivity index (χ4v) is 4.56. The Labute approximate surface area is 193 Å². The van der Waals surface area contributed by atoms with Crippen molar-refractivity contribution in [2.75, 3.05) is 26.3 Å². The number of hydrogen-bond donors (Lipinski definition) is 0. The quantitative estimate of drug-likeness (QED) is 0.331. The van der Waals surface area contributed by atoms with Gasteiger partial charge in [0.25, 0.3) is 11.6 Å². The molecular formula is C23H19N5O4S. The number of benzene rings is 2. The average Bonchev–Trinajstić information content (AvgIpc) is 3.44. The van der Waals surface area contributed by atoms with E-state index in [0.717, 1.165) is 11.3 Å². The van der Waals surface area contributed by atoms with E-state index in [-0.39, 0.29) is 11.6 Å². The third kappa shape index (κ3) is 4.43. The van der Waals surface area contributed by atoms with Crippen molar-refractivity contribution in [3.63, 3.8) is 0 Å². The summed E-state index contributed by atoms with van der Waals surface area (Å²) in [6.45, 7) is 2.63. The molecule has 33 heavy (non-hydrogen) atoms. The standard InChI is InChI=1S/C23H19N5O4S/c29-22-20(33-23(24-22)26-10-12-32-13-11-26)14-17-15-27(18-4-2-1-3-5-18)25-21(17)16-6-8-19(9-7-16)28(30)31/h1-9,14-15H,10-13H2/b20-14+. The highest BCUT2D eigenvalue weighted by Gasteiger charge is 2.28. The number of ether oxygens (including phenoxy) is 1. The molecule has 0 bridgehead atoms. The van der Waals surface area contributed by atoms with Crippen LogP contribution in [-0.2, 0) is 9.53 Å². The first-order chi connectivity index (χ1) is 16.1. The average molecular weight is 462 g/mol. The number of aliphatic imine (C=N–C) groups is 1. The number of amides is 1. The largest absolute Gasteiger partial charge is 0.378 e. The van der Waals surface area contributed by atoms with Crippen LogP contribution in [0.15, 0.2) is 70.7 Å². The van der Waals surface area contributed by atoms with Crippen LogP contribution in [0, 0.1) is 10.1 Å². The number of thioether (sulfide) groups is 1. The van der Waals surface area contributed by atoms with Gasteiger partial charge in [0.2, 0.25) is 0 Å². The summed E-state index contributed by atoms with van der Waals surface area (Å²) in [6, 6.07) is 15.8. The van der Waals surface area contributed by atoms with Gasteiger partial charge in [0, 0.05) is 42.5 Å². The number of hydrogen-bond acceptors (Lipinski definition) is 7. The molecule has 10 heteroatoms. The lowest BCUT2D eigenvalue weighted by atomic mass is 10.1. The Hall–Kier alpha value is -3.76. The Bertz CT molecular complexity index is 1260. The molecule has 0 unspecified atom stereocenters. The summed E-state index contributed by atoms with van der Waals surface area (Å²) in [5.74, 6) is -0.288. The third-order valence-electron chi connectivity index (χ3n) is 5.29. The Morgan fingerprint density at radius 3 is 2.48 bits per heavy atom. The van der Waals surface area contributed by atoms with Crippen molar-refractivity contribution in [1.82, 2.24) is 14.7 Å². The summed E-state index contributed by atoms with van der Waals surface area (Å²) in [5, 5.41) is 16.4. The Kier molecular flexibility index (Phi) is 5.76. The van der Waals surface area contributed by atoms with Gasteiger partial charge in [-0.3, -0.25) is 14.9 Å². The van der Waals surface area contributed by atoms with Gasteiger partial charge in [-0.05, 0) is 42.1 Å². The molecule has 1 fully saturated rings. The highest BCUT2D eigenvalue weighted by molar-refractivity contribution is 8.18. The summed E-state index contributed by atoms with van der Waals surface area (Å²) < 4.78 is 7.12. The predicted molar refractivity (Wildman–Crippen MR) is 126 cm³/mol. The molecule has 0 N–H and O–H groups in total. The van der Waals surface area contributed by atoms with Crippen LogP contribution in [0.2, 0.25) is 0 Å². The maximum Gasteiger partial charge on any atom is 0.286 e. The number of non-ortho nitro benzene ring substituents is 1. The lowest BCUT2D eigenvalue weighted by Crippen LogP contribution is -2.38. The molecular weight excluding hydrogens is 442 g/mol. The van der Waals surface area contributed by atoms with Crippen molar-refractivity contribution in [1.29, 1.82) is 0 Å². The zero-order chi connectivity index (χ0) is 22.8. The van der Waals surface area contributed by atoms with Crippen LogP contribution in [0.3, 0.4) is 0 Å². The second-order valence-corrected chi connectivity index (χ2v) is 8.44. The van der Waals surface area contributed by atoms with E-state index in [4.69, 9.17) is 9.84 Å². The molecule has 1 aromatic heterocycles. The van der Waals surface area contributed by atoms with Crippen molar-refractivity contribution in [3.05, 3.63) is 81.4 Å². The number of carbonyl (C=O) groups excluding carboxylic acids is 1. The van der Waals surface area contributed by atoms with Crippen molar-refractivity contribution in [2.45, 2.75) is 0 Å². The van der Waals surface area contributed by atoms with Crippen molar-refractivity contribution in [2.24, 2.45) is 4.99 Å². The maximum absolute atomic E-state index is 12.6. The maximum atomic E-state index is 12.6. The highest BCUT2D eigenvalue weighted by atomic mass is 32.2. The third-order valence-corrected chi connectivity index (χ3v) is 6.34. The van der Waals surface area contributed by atoms with Gasteiger partial charge in [-0.2, -0.15) is 10.1 Å². The minimum atomic E-state index is -0.437. The minimum Gasteiger partial charge on any atom is -0.378 e. The number of nitrogens with zero attached hydrogens (tertiary/aromatic N) is 5. The fraction of sp³-hybridized carbons (Fsp3) is 0.174. The number of morpholine rings is 1. The number of carbonyl (C=O) groups is 1. The smallest absolute Gasteiger partial charge is 0.286 e. The Balaban J connectivity index is 1.51. The van der Waals surface area contributed by atoms with Gasteiger partial charge in [-0.25, -0.2) is 4.68 Å².